The minimum atomic E-state index is -0.490. The van der Waals surface area contributed by atoms with E-state index in [-0.39, 0.29) is 11.6 Å². The molecular weight excluding hydrogens is 266 g/mol. The number of hydrogen-bond acceptors (Lipinski definition) is 4. The summed E-state index contributed by atoms with van der Waals surface area (Å²) in [6.07, 6.45) is -0.328. The van der Waals surface area contributed by atoms with Crippen LogP contribution in [0.3, 0.4) is 0 Å². The van der Waals surface area contributed by atoms with Crippen LogP contribution in [0.1, 0.15) is 39.4 Å². The highest BCUT2D eigenvalue weighted by molar-refractivity contribution is 5.28. The number of morpholine rings is 1. The summed E-state index contributed by atoms with van der Waals surface area (Å²) in [4.78, 5) is 2.29. The average Bonchev–Trinajstić information content (AvgIpc) is 2.41. The van der Waals surface area contributed by atoms with Crippen LogP contribution in [0, 0.1) is 0 Å². The molecule has 1 N–H and O–H groups in total. The maximum atomic E-state index is 10.5. The molecule has 0 bridgehead atoms. The maximum Gasteiger partial charge on any atom is 0.119 e. The van der Waals surface area contributed by atoms with Crippen molar-refractivity contribution >= 4 is 0 Å². The highest BCUT2D eigenvalue weighted by Gasteiger charge is 2.31. The van der Waals surface area contributed by atoms with Crippen LogP contribution in [-0.4, -0.2) is 48.0 Å². The third kappa shape index (κ3) is 4.43. The molecule has 4 heteroatoms. The van der Waals surface area contributed by atoms with Gasteiger partial charge in [-0.15, -0.1) is 0 Å². The maximum absolute atomic E-state index is 10.5. The highest BCUT2D eigenvalue weighted by Crippen LogP contribution is 2.24. The summed E-state index contributed by atoms with van der Waals surface area (Å²) < 4.78 is 11.1. The van der Waals surface area contributed by atoms with Crippen molar-refractivity contribution in [1.29, 1.82) is 0 Å². The summed E-state index contributed by atoms with van der Waals surface area (Å²) >= 11 is 0. The lowest BCUT2D eigenvalue weighted by Crippen LogP contribution is -2.54. The predicted molar refractivity (Wildman–Crippen MR) is 83.6 cm³/mol. The van der Waals surface area contributed by atoms with Crippen LogP contribution in [-0.2, 0) is 4.74 Å². The van der Waals surface area contributed by atoms with Crippen molar-refractivity contribution in [3.8, 4) is 5.75 Å². The van der Waals surface area contributed by atoms with Crippen LogP contribution in [0.4, 0.5) is 0 Å². The van der Waals surface area contributed by atoms with E-state index in [0.29, 0.717) is 13.2 Å². The molecule has 1 aromatic carbocycles. The van der Waals surface area contributed by atoms with Gasteiger partial charge in [0.25, 0.3) is 0 Å². The zero-order valence-corrected chi connectivity index (χ0v) is 13.5. The van der Waals surface area contributed by atoms with Crippen LogP contribution in [0.15, 0.2) is 24.3 Å². The molecule has 1 unspecified atom stereocenters. The van der Waals surface area contributed by atoms with E-state index < -0.39 is 6.10 Å². The molecule has 0 aliphatic carbocycles. The molecule has 1 saturated heterocycles. The second-order valence-corrected chi connectivity index (χ2v) is 6.56. The van der Waals surface area contributed by atoms with Gasteiger partial charge in [0.05, 0.1) is 25.4 Å². The molecule has 21 heavy (non-hydrogen) atoms. The number of β-amino-alcohol motifs (C(OH)–C–C–N with tert-alkyl or cyclic N) is 1. The van der Waals surface area contributed by atoms with Crippen molar-refractivity contribution in [1.82, 2.24) is 4.90 Å². The number of ether oxygens (including phenoxy) is 2. The number of nitrogens with zero attached hydrogens (tertiary/aromatic N) is 1. The van der Waals surface area contributed by atoms with Crippen LogP contribution in [0.5, 0.6) is 5.75 Å². The Bertz CT molecular complexity index is 442. The van der Waals surface area contributed by atoms with E-state index in [0.717, 1.165) is 24.5 Å². The van der Waals surface area contributed by atoms with Crippen molar-refractivity contribution in [2.24, 2.45) is 0 Å². The van der Waals surface area contributed by atoms with E-state index in [1.165, 1.54) is 0 Å². The number of aliphatic hydroxyl groups is 1. The van der Waals surface area contributed by atoms with Gasteiger partial charge in [0.15, 0.2) is 0 Å². The lowest BCUT2D eigenvalue weighted by molar-refractivity contribution is -0.0667. The molecular formula is C17H27NO3. The third-order valence-corrected chi connectivity index (χ3v) is 3.85. The largest absolute Gasteiger partial charge is 0.491 e. The van der Waals surface area contributed by atoms with Gasteiger partial charge < -0.3 is 14.6 Å². The van der Waals surface area contributed by atoms with Gasteiger partial charge in [0.1, 0.15) is 5.75 Å². The SMILES string of the molecule is CC(C)Oc1ccc(C(O)CN2CCOCC2(C)C)cc1. The second-order valence-electron chi connectivity index (χ2n) is 6.56. The fourth-order valence-corrected chi connectivity index (χ4v) is 2.58. The Hall–Kier alpha value is -1.10. The molecule has 1 aliphatic heterocycles. The van der Waals surface area contributed by atoms with E-state index >= 15 is 0 Å². The first-order chi connectivity index (χ1) is 9.88. The minimum absolute atomic E-state index is 0.0279. The molecule has 1 heterocycles. The Morgan fingerprint density at radius 3 is 2.52 bits per heavy atom. The van der Waals surface area contributed by atoms with Gasteiger partial charge in [-0.1, -0.05) is 12.1 Å². The fourth-order valence-electron chi connectivity index (χ4n) is 2.58. The van der Waals surface area contributed by atoms with Gasteiger partial charge >= 0.3 is 0 Å². The smallest absolute Gasteiger partial charge is 0.119 e. The van der Waals surface area contributed by atoms with Gasteiger partial charge in [0, 0.05) is 18.6 Å². The predicted octanol–water partition coefficient (Wildman–Crippen LogP) is 2.62. The lowest BCUT2D eigenvalue weighted by Gasteiger charge is -2.43. The molecule has 4 nitrogen and oxygen atoms in total. The Kier molecular flexibility index (Phi) is 5.25. The Morgan fingerprint density at radius 1 is 1.29 bits per heavy atom. The van der Waals surface area contributed by atoms with Crippen molar-refractivity contribution in [2.75, 3.05) is 26.3 Å². The molecule has 1 atom stereocenters. The van der Waals surface area contributed by atoms with E-state index in [1.807, 2.05) is 38.1 Å². The molecule has 118 valence electrons. The third-order valence-electron chi connectivity index (χ3n) is 3.85. The zero-order valence-electron chi connectivity index (χ0n) is 13.5. The second kappa shape index (κ2) is 6.77. The van der Waals surface area contributed by atoms with Crippen molar-refractivity contribution in [2.45, 2.75) is 45.4 Å². The Morgan fingerprint density at radius 2 is 1.95 bits per heavy atom. The fraction of sp³-hybridized carbons (Fsp3) is 0.647. The summed E-state index contributed by atoms with van der Waals surface area (Å²) in [5, 5.41) is 10.5. The van der Waals surface area contributed by atoms with E-state index in [1.54, 1.807) is 0 Å². The molecule has 1 fully saturated rings. The summed E-state index contributed by atoms with van der Waals surface area (Å²) in [5.74, 6) is 0.840. The number of aliphatic hydroxyl groups excluding tert-OH is 1. The van der Waals surface area contributed by atoms with E-state index in [2.05, 4.69) is 18.7 Å². The van der Waals surface area contributed by atoms with Crippen molar-refractivity contribution < 1.29 is 14.6 Å². The minimum Gasteiger partial charge on any atom is -0.491 e. The first kappa shape index (κ1) is 16.3. The van der Waals surface area contributed by atoms with Gasteiger partial charge in [-0.2, -0.15) is 0 Å². The number of hydrogen-bond donors (Lipinski definition) is 1. The molecule has 0 saturated carbocycles. The lowest BCUT2D eigenvalue weighted by atomic mass is 10.0. The van der Waals surface area contributed by atoms with Crippen molar-refractivity contribution in [3.63, 3.8) is 0 Å². The van der Waals surface area contributed by atoms with Gasteiger partial charge in [0.2, 0.25) is 0 Å². The molecule has 1 aliphatic rings. The van der Waals surface area contributed by atoms with Gasteiger partial charge in [-0.05, 0) is 45.4 Å². The standard InChI is InChI=1S/C17H27NO3/c1-13(2)21-15-7-5-14(6-8-15)16(19)11-18-9-10-20-12-17(18,3)4/h5-8,13,16,19H,9-12H2,1-4H3. The average molecular weight is 293 g/mol. The van der Waals surface area contributed by atoms with E-state index in [9.17, 15) is 5.11 Å². The first-order valence-electron chi connectivity index (χ1n) is 7.66. The van der Waals surface area contributed by atoms with Crippen LogP contribution >= 0.6 is 0 Å². The molecule has 0 radical (unpaired) electrons. The molecule has 2 rings (SSSR count). The van der Waals surface area contributed by atoms with Gasteiger partial charge in [-0.3, -0.25) is 4.90 Å². The summed E-state index contributed by atoms with van der Waals surface area (Å²) in [7, 11) is 0. The Labute approximate surface area is 127 Å². The van der Waals surface area contributed by atoms with Crippen molar-refractivity contribution in [3.05, 3.63) is 29.8 Å². The first-order valence-corrected chi connectivity index (χ1v) is 7.66. The summed E-state index contributed by atoms with van der Waals surface area (Å²) in [5.41, 5.74) is 0.897. The monoisotopic (exact) mass is 293 g/mol. The topological polar surface area (TPSA) is 41.9 Å². The highest BCUT2D eigenvalue weighted by atomic mass is 16.5. The molecule has 0 spiro atoms. The Balaban J connectivity index is 1.98. The van der Waals surface area contributed by atoms with Crippen LogP contribution in [0.25, 0.3) is 0 Å². The van der Waals surface area contributed by atoms with Crippen LogP contribution in [0.2, 0.25) is 0 Å². The quantitative estimate of drug-likeness (QED) is 0.906. The van der Waals surface area contributed by atoms with Crippen LogP contribution < -0.4 is 4.74 Å². The summed E-state index contributed by atoms with van der Waals surface area (Å²) in [6.45, 7) is 11.2. The summed E-state index contributed by atoms with van der Waals surface area (Å²) in [6, 6.07) is 7.72. The normalized spacial score (nSPS) is 20.5. The molecule has 0 aromatic heterocycles. The van der Waals surface area contributed by atoms with E-state index in [4.69, 9.17) is 9.47 Å². The number of benzene rings is 1. The van der Waals surface area contributed by atoms with Gasteiger partial charge in [-0.25, -0.2) is 0 Å². The molecule has 1 aromatic rings. The molecule has 0 amide bonds. The zero-order chi connectivity index (χ0) is 15.5. The number of rotatable bonds is 5.